The lowest BCUT2D eigenvalue weighted by atomic mass is 10.2. The number of nitrogen functional groups attached to an aromatic ring is 1. The number of halogens is 2. The number of aromatic nitrogens is 3. The second kappa shape index (κ2) is 14.0. The smallest absolute Gasteiger partial charge is 0.342 e. The number of aryl methyl sites for hydroxylation is 1. The molecule has 0 aliphatic heterocycles. The molecular formula is C23H22Br2N6O9. The van der Waals surface area contributed by atoms with Gasteiger partial charge in [-0.15, -0.1) is 0 Å². The van der Waals surface area contributed by atoms with E-state index in [0.717, 1.165) is 26.8 Å². The maximum absolute atomic E-state index is 11.7. The fraction of sp³-hybridized carbons (Fsp3) is 0.174. The molecule has 0 spiro atoms. The normalized spacial score (nSPS) is 9.95. The van der Waals surface area contributed by atoms with Crippen molar-refractivity contribution < 1.29 is 38.6 Å². The Bertz CT molecular complexity index is 1540. The summed E-state index contributed by atoms with van der Waals surface area (Å²) in [5, 5.41) is 35.4. The van der Waals surface area contributed by atoms with Gasteiger partial charge in [0.25, 0.3) is 11.4 Å². The molecule has 40 heavy (non-hydrogen) atoms. The number of carbonyl (C=O) groups is 1. The monoisotopic (exact) mass is 684 g/mol. The molecule has 0 saturated heterocycles. The number of ether oxygens (including phenoxy) is 3. The number of carbonyl (C=O) groups excluding carboxylic acids is 1. The predicted octanol–water partition coefficient (Wildman–Crippen LogP) is 3.24. The van der Waals surface area contributed by atoms with Gasteiger partial charge in [0.2, 0.25) is 12.4 Å². The number of benzene rings is 1. The Labute approximate surface area is 243 Å². The van der Waals surface area contributed by atoms with Gasteiger partial charge in [-0.1, -0.05) is 10.7 Å². The van der Waals surface area contributed by atoms with E-state index in [-0.39, 0.29) is 0 Å². The summed E-state index contributed by atoms with van der Waals surface area (Å²) >= 11 is 6.63. The number of esters is 1. The molecule has 0 radical (unpaired) electrons. The quantitative estimate of drug-likeness (QED) is 0.106. The molecule has 3 heterocycles. The van der Waals surface area contributed by atoms with Crippen molar-refractivity contribution in [3.05, 3.63) is 89.4 Å². The molecule has 0 bridgehead atoms. The molecule has 2 N–H and O–H groups in total. The zero-order chi connectivity index (χ0) is 30.1. The summed E-state index contributed by atoms with van der Waals surface area (Å²) in [5.41, 5.74) is 0.394. The molecule has 1 aromatic carbocycles. The van der Waals surface area contributed by atoms with Crippen molar-refractivity contribution in [2.24, 2.45) is 0 Å². The van der Waals surface area contributed by atoms with Crippen LogP contribution in [0.4, 0.5) is 11.4 Å². The molecule has 0 amide bonds. The van der Waals surface area contributed by atoms with Crippen molar-refractivity contribution in [3.63, 3.8) is 0 Å². The molecular weight excluding hydrogens is 664 g/mol. The van der Waals surface area contributed by atoms with Crippen LogP contribution in [0, 0.1) is 27.2 Å². The third-order valence-corrected chi connectivity index (χ3v) is 5.72. The molecule has 15 nitrogen and oxygen atoms in total. The number of nitrogens with zero attached hydrogens (tertiary/aromatic N) is 5. The Morgan fingerprint density at radius 2 is 1.70 bits per heavy atom. The highest BCUT2D eigenvalue weighted by Crippen LogP contribution is 2.29. The molecule has 4 rings (SSSR count). The number of non-ortho nitro benzene ring substituents is 1. The number of nitro benzene ring substituents is 2. The van der Waals surface area contributed by atoms with Crippen LogP contribution in [-0.2, 0) is 4.74 Å². The van der Waals surface area contributed by atoms with Crippen LogP contribution in [0.5, 0.6) is 17.2 Å². The highest BCUT2D eigenvalue weighted by molar-refractivity contribution is 9.10. The first-order valence-electron chi connectivity index (χ1n) is 10.7. The summed E-state index contributed by atoms with van der Waals surface area (Å²) in [4.78, 5) is 30.3. The molecule has 0 atom stereocenters. The van der Waals surface area contributed by atoms with E-state index < -0.39 is 32.9 Å². The maximum atomic E-state index is 11.7. The molecule has 0 fully saturated rings. The summed E-state index contributed by atoms with van der Waals surface area (Å²) in [7, 11) is 4.49. The number of hydrogen-bond acceptors (Lipinski definition) is 11. The van der Waals surface area contributed by atoms with Crippen molar-refractivity contribution >= 4 is 54.7 Å². The highest BCUT2D eigenvalue weighted by Gasteiger charge is 2.21. The lowest BCUT2D eigenvalue weighted by molar-refractivity contribution is -0.639. The first-order valence-corrected chi connectivity index (χ1v) is 12.3. The SMILES string of the molecule is COC(=O)c1c(C)nn2cc(Br)cc(OC)c12.COc1cc(Br)c[n+](N)c1.O=[N+]([O-])c1ccc([O-])c([N+](=O)[O-])c1. The topological polar surface area (TPSA) is 201 Å². The molecule has 3 aromatic heterocycles. The van der Waals surface area contributed by atoms with Gasteiger partial charge in [0.15, 0.2) is 5.75 Å². The molecule has 0 aliphatic rings. The Kier molecular flexibility index (Phi) is 11.1. The molecule has 0 unspecified atom stereocenters. The van der Waals surface area contributed by atoms with Crippen LogP contribution in [-0.4, -0.2) is 46.8 Å². The van der Waals surface area contributed by atoms with E-state index in [4.69, 9.17) is 20.1 Å². The van der Waals surface area contributed by atoms with E-state index >= 15 is 0 Å². The number of rotatable bonds is 5. The lowest BCUT2D eigenvalue weighted by Crippen LogP contribution is -2.43. The second-order valence-electron chi connectivity index (χ2n) is 7.48. The van der Waals surface area contributed by atoms with Gasteiger partial charge in [-0.25, -0.2) is 15.2 Å². The molecule has 0 aliphatic carbocycles. The summed E-state index contributed by atoms with van der Waals surface area (Å²) in [5.74, 6) is 5.49. The van der Waals surface area contributed by atoms with Crippen LogP contribution in [0.1, 0.15) is 16.1 Å². The van der Waals surface area contributed by atoms with E-state index in [1.54, 1.807) is 50.3 Å². The number of methoxy groups -OCH3 is 3. The van der Waals surface area contributed by atoms with E-state index in [1.165, 1.54) is 11.8 Å². The van der Waals surface area contributed by atoms with Gasteiger partial charge in [-0.2, -0.15) is 5.10 Å². The molecule has 17 heteroatoms. The minimum absolute atomic E-state index is 0.418. The molecule has 4 aromatic rings. The van der Waals surface area contributed by atoms with Gasteiger partial charge in [-0.3, -0.25) is 20.2 Å². The zero-order valence-corrected chi connectivity index (χ0v) is 24.5. The number of pyridine rings is 2. The maximum Gasteiger partial charge on any atom is 0.342 e. The van der Waals surface area contributed by atoms with E-state index in [2.05, 4.69) is 37.0 Å². The lowest BCUT2D eigenvalue weighted by Gasteiger charge is -2.05. The zero-order valence-electron chi connectivity index (χ0n) is 21.4. The van der Waals surface area contributed by atoms with Crippen molar-refractivity contribution in [2.75, 3.05) is 27.2 Å². The standard InChI is InChI=1S/C11H11BrN2O3.C6H8BrN2O.C6H4N2O5/c1-6-9(11(15)17-3)10-8(16-2)4-7(12)5-14(10)13-6;1-10-6-2-5(7)3-9(8)4-6;9-6-2-1-4(7(10)11)3-5(6)8(12)13/h4-5H,1-3H3;2-4H,8H2,1H3;1-3,9H/q;+1;/p-1. The van der Waals surface area contributed by atoms with Gasteiger partial charge in [0.05, 0.1) is 47.4 Å². The fourth-order valence-electron chi connectivity index (χ4n) is 3.14. The number of fused-ring (bicyclic) bond motifs is 1. The first-order chi connectivity index (χ1) is 18.8. The Morgan fingerprint density at radius 3 is 2.23 bits per heavy atom. The molecule has 212 valence electrons. The Hall–Kier alpha value is -4.51. The average molecular weight is 686 g/mol. The van der Waals surface area contributed by atoms with Crippen LogP contribution in [0.15, 0.2) is 57.9 Å². The summed E-state index contributed by atoms with van der Waals surface area (Å²) in [6, 6.07) is 5.99. The third-order valence-electron chi connectivity index (χ3n) is 4.86. The minimum Gasteiger partial charge on any atom is -0.868 e. The summed E-state index contributed by atoms with van der Waals surface area (Å²) < 4.78 is 19.7. The van der Waals surface area contributed by atoms with Crippen LogP contribution in [0.3, 0.4) is 0 Å². The van der Waals surface area contributed by atoms with Gasteiger partial charge in [0.1, 0.15) is 16.8 Å². The van der Waals surface area contributed by atoms with Gasteiger partial charge in [-0.05, 0) is 50.6 Å². The van der Waals surface area contributed by atoms with E-state index in [0.29, 0.717) is 28.6 Å². The van der Waals surface area contributed by atoms with Crippen LogP contribution >= 0.6 is 31.9 Å². The summed E-state index contributed by atoms with van der Waals surface area (Å²) in [6.07, 6.45) is 5.19. The number of hydrogen-bond donors (Lipinski definition) is 1. The van der Waals surface area contributed by atoms with Gasteiger partial charge < -0.3 is 19.3 Å². The highest BCUT2D eigenvalue weighted by atomic mass is 79.9. The third kappa shape index (κ3) is 8.00. The van der Waals surface area contributed by atoms with E-state index in [9.17, 15) is 30.1 Å². The van der Waals surface area contributed by atoms with Crippen LogP contribution in [0.25, 0.3) is 5.52 Å². The van der Waals surface area contributed by atoms with Crippen LogP contribution < -0.4 is 25.1 Å². The average Bonchev–Trinajstić information content (AvgIpc) is 3.23. The van der Waals surface area contributed by atoms with E-state index in [1.807, 2.05) is 6.07 Å². The minimum atomic E-state index is -0.949. The Morgan fingerprint density at radius 1 is 1.02 bits per heavy atom. The largest absolute Gasteiger partial charge is 0.868 e. The second-order valence-corrected chi connectivity index (χ2v) is 9.31. The predicted molar refractivity (Wildman–Crippen MR) is 146 cm³/mol. The van der Waals surface area contributed by atoms with Crippen molar-refractivity contribution in [2.45, 2.75) is 6.92 Å². The number of nitrogens with two attached hydrogens (primary N) is 1. The Balaban J connectivity index is 0.000000218. The van der Waals surface area contributed by atoms with Gasteiger partial charge >= 0.3 is 5.97 Å². The molecule has 0 saturated carbocycles. The van der Waals surface area contributed by atoms with Crippen LogP contribution in [0.2, 0.25) is 0 Å². The van der Waals surface area contributed by atoms with Crippen molar-refractivity contribution in [3.8, 4) is 17.2 Å². The number of nitro groups is 2. The summed E-state index contributed by atoms with van der Waals surface area (Å²) in [6.45, 7) is 1.76. The fourth-order valence-corrected chi connectivity index (χ4v) is 4.00. The van der Waals surface area contributed by atoms with Crippen molar-refractivity contribution in [1.82, 2.24) is 9.61 Å². The van der Waals surface area contributed by atoms with Gasteiger partial charge in [0, 0.05) is 22.8 Å². The van der Waals surface area contributed by atoms with Crippen molar-refractivity contribution in [1.29, 1.82) is 0 Å². The first kappa shape index (κ1) is 31.7.